The van der Waals surface area contributed by atoms with E-state index in [1.54, 1.807) is 0 Å². The second-order valence-corrected chi connectivity index (χ2v) is 11.2. The average Bonchev–Trinajstić information content (AvgIpc) is 3.43. The van der Waals surface area contributed by atoms with Crippen LogP contribution in [0.1, 0.15) is 37.4 Å². The van der Waals surface area contributed by atoms with Gasteiger partial charge < -0.3 is 14.6 Å². The molecule has 3 heterocycles. The lowest BCUT2D eigenvalue weighted by molar-refractivity contribution is -0.113. The van der Waals surface area contributed by atoms with Gasteiger partial charge in [-0.25, -0.2) is 12.7 Å². The number of amides is 1. The maximum absolute atomic E-state index is 12.4. The molecule has 2 atom stereocenters. The third-order valence-corrected chi connectivity index (χ3v) is 8.00. The van der Waals surface area contributed by atoms with E-state index >= 15 is 0 Å². The lowest BCUT2D eigenvalue weighted by Gasteiger charge is -2.30. The van der Waals surface area contributed by atoms with Crippen LogP contribution in [0.3, 0.4) is 0 Å². The fourth-order valence-electron chi connectivity index (χ4n) is 4.18. The Bertz CT molecular complexity index is 1020. The van der Waals surface area contributed by atoms with Gasteiger partial charge in [-0.3, -0.25) is 4.79 Å². The van der Waals surface area contributed by atoms with E-state index in [-0.39, 0.29) is 23.7 Å². The van der Waals surface area contributed by atoms with E-state index in [4.69, 9.17) is 4.74 Å². The van der Waals surface area contributed by atoms with Crippen molar-refractivity contribution in [2.75, 3.05) is 37.0 Å². The van der Waals surface area contributed by atoms with Crippen molar-refractivity contribution >= 4 is 33.4 Å². The van der Waals surface area contributed by atoms with Crippen LogP contribution in [0.25, 0.3) is 0 Å². The van der Waals surface area contributed by atoms with Crippen LogP contribution in [-0.4, -0.2) is 71.2 Å². The Morgan fingerprint density at radius 1 is 1.22 bits per heavy atom. The van der Waals surface area contributed by atoms with Crippen LogP contribution in [0, 0.1) is 0 Å². The van der Waals surface area contributed by atoms with Crippen molar-refractivity contribution in [2.24, 2.45) is 0 Å². The molecule has 2 aliphatic heterocycles. The molecular weight excluding hydrogens is 450 g/mol. The van der Waals surface area contributed by atoms with Crippen molar-refractivity contribution in [3.8, 4) is 0 Å². The first-order valence-corrected chi connectivity index (χ1v) is 13.7. The van der Waals surface area contributed by atoms with E-state index in [9.17, 15) is 13.2 Å². The van der Waals surface area contributed by atoms with Crippen LogP contribution in [-0.2, 0) is 26.1 Å². The summed E-state index contributed by atoms with van der Waals surface area (Å²) in [5, 5.41) is 12.4. The van der Waals surface area contributed by atoms with Crippen LogP contribution >= 0.6 is 11.8 Å². The van der Waals surface area contributed by atoms with Gasteiger partial charge in [0.1, 0.15) is 5.82 Å². The van der Waals surface area contributed by atoms with Crippen LogP contribution in [0.15, 0.2) is 35.5 Å². The van der Waals surface area contributed by atoms with Crippen molar-refractivity contribution < 1.29 is 17.9 Å². The van der Waals surface area contributed by atoms with Crippen molar-refractivity contribution in [3.05, 3.63) is 36.2 Å². The highest BCUT2D eigenvalue weighted by atomic mass is 32.2. The highest BCUT2D eigenvalue weighted by Gasteiger charge is 2.32. The number of nitrogens with zero attached hydrogens (tertiary/aromatic N) is 4. The summed E-state index contributed by atoms with van der Waals surface area (Å²) < 4.78 is 33.5. The van der Waals surface area contributed by atoms with Gasteiger partial charge >= 0.3 is 0 Å². The number of thioether (sulfide) groups is 1. The number of carbonyl (C=O) groups excluding carboxylic acids is 1. The van der Waals surface area contributed by atoms with Gasteiger partial charge in [-0.1, -0.05) is 30.0 Å². The van der Waals surface area contributed by atoms with Crippen molar-refractivity contribution in [1.29, 1.82) is 0 Å². The summed E-state index contributed by atoms with van der Waals surface area (Å²) in [5.41, 5.74) is 0.752. The highest BCUT2D eigenvalue weighted by Crippen LogP contribution is 2.30. The molecule has 174 valence electrons. The minimum Gasteiger partial charge on any atom is -0.376 e. The number of carbonyl (C=O) groups is 1. The van der Waals surface area contributed by atoms with Crippen LogP contribution in [0.4, 0.5) is 5.69 Å². The first-order valence-electron chi connectivity index (χ1n) is 10.9. The molecule has 11 heteroatoms. The van der Waals surface area contributed by atoms with E-state index in [1.807, 2.05) is 34.9 Å². The predicted molar refractivity (Wildman–Crippen MR) is 123 cm³/mol. The summed E-state index contributed by atoms with van der Waals surface area (Å²) in [7, 11) is -3.25. The maximum atomic E-state index is 12.4. The number of aromatic nitrogens is 3. The molecule has 9 nitrogen and oxygen atoms in total. The zero-order valence-electron chi connectivity index (χ0n) is 18.1. The molecule has 32 heavy (non-hydrogen) atoms. The van der Waals surface area contributed by atoms with Gasteiger partial charge in [-0.2, -0.15) is 0 Å². The third-order valence-electron chi connectivity index (χ3n) is 5.76. The van der Waals surface area contributed by atoms with E-state index in [0.717, 1.165) is 43.8 Å². The number of ether oxygens (including phenoxy) is 1. The second-order valence-electron chi connectivity index (χ2n) is 8.25. The number of nitrogens with one attached hydrogen (secondary N) is 1. The van der Waals surface area contributed by atoms with Crippen LogP contribution < -0.4 is 5.32 Å². The van der Waals surface area contributed by atoms with Gasteiger partial charge in [0.15, 0.2) is 5.16 Å². The Balaban J connectivity index is 1.49. The van der Waals surface area contributed by atoms with Gasteiger partial charge in [-0.05, 0) is 37.8 Å². The van der Waals surface area contributed by atoms with E-state index in [2.05, 4.69) is 15.5 Å². The van der Waals surface area contributed by atoms with E-state index in [0.29, 0.717) is 24.8 Å². The number of anilines is 1. The standard InChI is InChI=1S/C21H29N5O4S2/c1-32(28,29)25-11-5-7-16(13-25)20-23-24-21(26(20)14-18-10-6-12-30-18)31-15-19(27)22-17-8-3-2-4-9-17/h2-4,8-9,16,18H,5-7,10-15H2,1H3,(H,22,27)/t16-,18+/m0/s1. The predicted octanol–water partition coefficient (Wildman–Crippen LogP) is 2.33. The fourth-order valence-corrected chi connectivity index (χ4v) is 5.84. The molecule has 0 aliphatic carbocycles. The summed E-state index contributed by atoms with van der Waals surface area (Å²) in [4.78, 5) is 12.4. The number of benzene rings is 1. The van der Waals surface area contributed by atoms with E-state index in [1.165, 1.54) is 22.3 Å². The highest BCUT2D eigenvalue weighted by molar-refractivity contribution is 7.99. The molecule has 0 radical (unpaired) electrons. The molecule has 2 saturated heterocycles. The number of piperidine rings is 1. The Morgan fingerprint density at radius 3 is 2.75 bits per heavy atom. The summed E-state index contributed by atoms with van der Waals surface area (Å²) in [6.07, 6.45) is 4.96. The summed E-state index contributed by atoms with van der Waals surface area (Å²) in [6, 6.07) is 9.33. The molecule has 2 aliphatic rings. The topological polar surface area (TPSA) is 106 Å². The van der Waals surface area contributed by atoms with Gasteiger partial charge in [0.25, 0.3) is 0 Å². The SMILES string of the molecule is CS(=O)(=O)N1CCC[C@H](c2nnc(SCC(=O)Nc3ccccc3)n2C[C@H]2CCCO2)C1. The molecule has 0 unspecified atom stereocenters. The molecule has 2 aromatic rings. The minimum absolute atomic E-state index is 0.0279. The number of hydrogen-bond donors (Lipinski definition) is 1. The Morgan fingerprint density at radius 2 is 2.03 bits per heavy atom. The van der Waals surface area contributed by atoms with Crippen molar-refractivity contribution in [1.82, 2.24) is 19.1 Å². The largest absolute Gasteiger partial charge is 0.376 e. The molecular formula is C21H29N5O4S2. The second kappa shape index (κ2) is 10.3. The lowest BCUT2D eigenvalue weighted by Crippen LogP contribution is -2.39. The number of hydrogen-bond acceptors (Lipinski definition) is 7. The minimum atomic E-state index is -3.25. The third kappa shape index (κ3) is 5.89. The van der Waals surface area contributed by atoms with Gasteiger partial charge in [0.05, 0.1) is 24.7 Å². The summed E-state index contributed by atoms with van der Waals surface area (Å²) in [5.74, 6) is 0.841. The average molecular weight is 480 g/mol. The molecule has 1 aromatic carbocycles. The van der Waals surface area contributed by atoms with Gasteiger partial charge in [0, 0.05) is 31.3 Å². The molecule has 0 saturated carbocycles. The van der Waals surface area contributed by atoms with Gasteiger partial charge in [0.2, 0.25) is 15.9 Å². The molecule has 1 aromatic heterocycles. The maximum Gasteiger partial charge on any atom is 0.234 e. The normalized spacial score (nSPS) is 22.2. The summed E-state index contributed by atoms with van der Waals surface area (Å²) >= 11 is 1.34. The molecule has 1 N–H and O–H groups in total. The van der Waals surface area contributed by atoms with Gasteiger partial charge in [-0.15, -0.1) is 10.2 Å². The molecule has 0 spiro atoms. The number of rotatable bonds is 8. The molecule has 4 rings (SSSR count). The number of sulfonamides is 1. The smallest absolute Gasteiger partial charge is 0.234 e. The van der Waals surface area contributed by atoms with Crippen molar-refractivity contribution in [2.45, 2.75) is 49.4 Å². The zero-order chi connectivity index (χ0) is 22.6. The lowest BCUT2D eigenvalue weighted by atomic mass is 9.98. The molecule has 1 amide bonds. The monoisotopic (exact) mass is 479 g/mol. The number of para-hydroxylation sites is 1. The zero-order valence-corrected chi connectivity index (χ0v) is 19.8. The van der Waals surface area contributed by atoms with E-state index < -0.39 is 10.0 Å². The quantitative estimate of drug-likeness (QED) is 0.579. The van der Waals surface area contributed by atoms with Crippen molar-refractivity contribution in [3.63, 3.8) is 0 Å². The Labute approximate surface area is 193 Å². The Hall–Kier alpha value is -1.95. The van der Waals surface area contributed by atoms with Crippen LogP contribution in [0.2, 0.25) is 0 Å². The fraction of sp³-hybridized carbons (Fsp3) is 0.571. The first-order chi connectivity index (χ1) is 15.4. The first kappa shape index (κ1) is 23.2. The summed E-state index contributed by atoms with van der Waals surface area (Å²) in [6.45, 7) is 2.30. The van der Waals surface area contributed by atoms with Crippen LogP contribution in [0.5, 0.6) is 0 Å². The Kier molecular flexibility index (Phi) is 7.49. The molecule has 0 bridgehead atoms. The molecule has 2 fully saturated rings.